The molecule has 5 heteroatoms. The van der Waals surface area contributed by atoms with Crippen molar-refractivity contribution in [3.8, 4) is 5.75 Å². The summed E-state index contributed by atoms with van der Waals surface area (Å²) in [5.41, 5.74) is 7.85. The van der Waals surface area contributed by atoms with Crippen LogP contribution in [0.4, 0.5) is 0 Å². The number of thioether (sulfide) groups is 1. The van der Waals surface area contributed by atoms with Crippen LogP contribution < -0.4 is 10.5 Å². The average Bonchev–Trinajstić information content (AvgIpc) is 2.47. The first kappa shape index (κ1) is 15.5. The molecule has 2 aromatic carbocycles. The number of benzene rings is 2. The summed E-state index contributed by atoms with van der Waals surface area (Å²) >= 11 is 13.8. The highest BCUT2D eigenvalue weighted by Gasteiger charge is 2.07. The van der Waals surface area contributed by atoms with Gasteiger partial charge in [-0.2, -0.15) is 0 Å². The van der Waals surface area contributed by atoms with Crippen LogP contribution in [0, 0.1) is 0 Å². The summed E-state index contributed by atoms with van der Waals surface area (Å²) in [6.45, 7) is 0.513. The van der Waals surface area contributed by atoms with Crippen molar-refractivity contribution in [1.82, 2.24) is 0 Å². The van der Waals surface area contributed by atoms with Gasteiger partial charge in [-0.3, -0.25) is 0 Å². The largest absolute Gasteiger partial charge is 0.496 e. The maximum absolute atomic E-state index is 6.16. The second-order valence-corrected chi connectivity index (χ2v) is 6.07. The average molecular weight is 328 g/mol. The fourth-order valence-corrected chi connectivity index (χ4v) is 3.29. The van der Waals surface area contributed by atoms with Crippen LogP contribution in [0.5, 0.6) is 5.75 Å². The van der Waals surface area contributed by atoms with Crippen LogP contribution in [0.3, 0.4) is 0 Å². The number of methoxy groups -OCH3 is 1. The van der Waals surface area contributed by atoms with E-state index in [4.69, 9.17) is 33.7 Å². The molecule has 0 radical (unpaired) electrons. The zero-order valence-electron chi connectivity index (χ0n) is 11.0. The molecule has 0 atom stereocenters. The van der Waals surface area contributed by atoms with Crippen molar-refractivity contribution in [3.05, 3.63) is 57.6 Å². The summed E-state index contributed by atoms with van der Waals surface area (Å²) < 4.78 is 5.37. The maximum atomic E-state index is 6.16. The van der Waals surface area contributed by atoms with Gasteiger partial charge in [-0.05, 0) is 35.9 Å². The van der Waals surface area contributed by atoms with E-state index in [1.54, 1.807) is 31.0 Å². The summed E-state index contributed by atoms with van der Waals surface area (Å²) in [6, 6.07) is 11.4. The molecule has 0 saturated carbocycles. The molecule has 0 amide bonds. The van der Waals surface area contributed by atoms with Gasteiger partial charge in [0.1, 0.15) is 5.75 Å². The third-order valence-corrected chi connectivity index (χ3v) is 4.64. The highest BCUT2D eigenvalue weighted by molar-refractivity contribution is 7.98. The van der Waals surface area contributed by atoms with E-state index in [1.165, 1.54) is 0 Å². The summed E-state index contributed by atoms with van der Waals surface area (Å²) in [4.78, 5) is 0.958. The zero-order chi connectivity index (χ0) is 14.5. The Bertz CT molecular complexity index is 604. The Kier molecular flexibility index (Phi) is 5.61. The lowest BCUT2D eigenvalue weighted by molar-refractivity contribution is 0.411. The predicted octanol–water partition coefficient (Wildman–Crippen LogP) is 4.75. The van der Waals surface area contributed by atoms with Gasteiger partial charge in [0.2, 0.25) is 0 Å². The Morgan fingerprint density at radius 1 is 1.15 bits per heavy atom. The molecule has 2 rings (SSSR count). The molecular formula is C15H15Cl2NOS. The van der Waals surface area contributed by atoms with Gasteiger partial charge in [-0.1, -0.05) is 29.3 Å². The SMILES string of the molecule is COc1ccc(CN)cc1CSc1cc(Cl)ccc1Cl. The first-order valence-electron chi connectivity index (χ1n) is 6.07. The van der Waals surface area contributed by atoms with Gasteiger partial charge >= 0.3 is 0 Å². The Morgan fingerprint density at radius 3 is 2.65 bits per heavy atom. The summed E-state index contributed by atoms with van der Waals surface area (Å²) in [5.74, 6) is 1.60. The van der Waals surface area contributed by atoms with E-state index in [0.29, 0.717) is 16.6 Å². The molecule has 20 heavy (non-hydrogen) atoms. The molecule has 2 nitrogen and oxygen atoms in total. The standard InChI is InChI=1S/C15H15Cl2NOS/c1-19-14-5-2-10(8-18)6-11(14)9-20-15-7-12(16)3-4-13(15)17/h2-7H,8-9,18H2,1H3. The molecule has 0 aliphatic rings. The van der Waals surface area contributed by atoms with E-state index in [-0.39, 0.29) is 0 Å². The molecule has 0 aromatic heterocycles. The van der Waals surface area contributed by atoms with E-state index >= 15 is 0 Å². The minimum atomic E-state index is 0.513. The van der Waals surface area contributed by atoms with E-state index in [9.17, 15) is 0 Å². The van der Waals surface area contributed by atoms with Crippen molar-refractivity contribution in [2.24, 2.45) is 5.73 Å². The fourth-order valence-electron chi connectivity index (χ4n) is 1.82. The molecule has 2 aromatic rings. The first-order valence-corrected chi connectivity index (χ1v) is 7.82. The molecule has 0 aliphatic carbocycles. The summed E-state index contributed by atoms with van der Waals surface area (Å²) in [7, 11) is 1.66. The van der Waals surface area contributed by atoms with Gasteiger partial charge in [0.25, 0.3) is 0 Å². The monoisotopic (exact) mass is 327 g/mol. The zero-order valence-corrected chi connectivity index (χ0v) is 13.4. The Labute approximate surface area is 133 Å². The van der Waals surface area contributed by atoms with Gasteiger partial charge in [0, 0.05) is 27.8 Å². The van der Waals surface area contributed by atoms with E-state index in [1.807, 2.05) is 18.2 Å². The van der Waals surface area contributed by atoms with Crippen molar-refractivity contribution in [3.63, 3.8) is 0 Å². The molecule has 0 spiro atoms. The van der Waals surface area contributed by atoms with Crippen LogP contribution in [-0.4, -0.2) is 7.11 Å². The van der Waals surface area contributed by atoms with Gasteiger partial charge < -0.3 is 10.5 Å². The number of hydrogen-bond donors (Lipinski definition) is 1. The van der Waals surface area contributed by atoms with E-state index < -0.39 is 0 Å². The molecule has 0 bridgehead atoms. The van der Waals surface area contributed by atoms with Crippen LogP contribution >= 0.6 is 35.0 Å². The minimum Gasteiger partial charge on any atom is -0.496 e. The third-order valence-electron chi connectivity index (χ3n) is 2.86. The van der Waals surface area contributed by atoms with Crippen LogP contribution in [-0.2, 0) is 12.3 Å². The Morgan fingerprint density at radius 2 is 1.95 bits per heavy atom. The molecule has 0 fully saturated rings. The number of rotatable bonds is 5. The second kappa shape index (κ2) is 7.23. The summed E-state index contributed by atoms with van der Waals surface area (Å²) in [6.07, 6.45) is 0. The molecule has 106 valence electrons. The van der Waals surface area contributed by atoms with E-state index in [0.717, 1.165) is 27.5 Å². The number of ether oxygens (including phenoxy) is 1. The van der Waals surface area contributed by atoms with Crippen LogP contribution in [0.1, 0.15) is 11.1 Å². The number of halogens is 2. The van der Waals surface area contributed by atoms with Crippen molar-refractivity contribution in [1.29, 1.82) is 0 Å². The Hall–Kier alpha value is -0.870. The lowest BCUT2D eigenvalue weighted by Crippen LogP contribution is -1.98. The lowest BCUT2D eigenvalue weighted by atomic mass is 10.1. The van der Waals surface area contributed by atoms with Gasteiger partial charge in [-0.15, -0.1) is 11.8 Å². The molecule has 0 unspecified atom stereocenters. The number of hydrogen-bond acceptors (Lipinski definition) is 3. The quantitative estimate of drug-likeness (QED) is 0.804. The third kappa shape index (κ3) is 3.83. The Balaban J connectivity index is 2.19. The van der Waals surface area contributed by atoms with Gasteiger partial charge in [0.05, 0.1) is 12.1 Å². The number of nitrogens with two attached hydrogens (primary N) is 1. The molecule has 0 saturated heterocycles. The highest BCUT2D eigenvalue weighted by Crippen LogP contribution is 2.34. The lowest BCUT2D eigenvalue weighted by Gasteiger charge is -2.11. The van der Waals surface area contributed by atoms with Crippen molar-refractivity contribution in [2.45, 2.75) is 17.2 Å². The van der Waals surface area contributed by atoms with Crippen molar-refractivity contribution >= 4 is 35.0 Å². The van der Waals surface area contributed by atoms with E-state index in [2.05, 4.69) is 6.07 Å². The van der Waals surface area contributed by atoms with Crippen molar-refractivity contribution in [2.75, 3.05) is 7.11 Å². The van der Waals surface area contributed by atoms with Crippen LogP contribution in [0.25, 0.3) is 0 Å². The first-order chi connectivity index (χ1) is 9.63. The maximum Gasteiger partial charge on any atom is 0.122 e. The minimum absolute atomic E-state index is 0.513. The van der Waals surface area contributed by atoms with Gasteiger partial charge in [-0.25, -0.2) is 0 Å². The molecule has 2 N–H and O–H groups in total. The predicted molar refractivity (Wildman–Crippen MR) is 86.9 cm³/mol. The topological polar surface area (TPSA) is 35.2 Å². The van der Waals surface area contributed by atoms with Gasteiger partial charge in [0.15, 0.2) is 0 Å². The molecule has 0 heterocycles. The normalized spacial score (nSPS) is 10.6. The smallest absolute Gasteiger partial charge is 0.122 e. The highest BCUT2D eigenvalue weighted by atomic mass is 35.5. The second-order valence-electron chi connectivity index (χ2n) is 4.21. The molecular weight excluding hydrogens is 313 g/mol. The molecule has 0 aliphatic heterocycles. The van der Waals surface area contributed by atoms with Crippen LogP contribution in [0.2, 0.25) is 10.0 Å². The fraction of sp³-hybridized carbons (Fsp3) is 0.200. The van der Waals surface area contributed by atoms with Crippen molar-refractivity contribution < 1.29 is 4.74 Å². The summed E-state index contributed by atoms with van der Waals surface area (Å²) in [5, 5.41) is 1.38. The van der Waals surface area contributed by atoms with Crippen LogP contribution in [0.15, 0.2) is 41.3 Å².